The molecule has 0 spiro atoms. The molecule has 0 aromatic heterocycles. The first-order valence-electron chi connectivity index (χ1n) is 9.19. The second-order valence-corrected chi connectivity index (χ2v) is 8.07. The van der Waals surface area contributed by atoms with E-state index >= 15 is 0 Å². The molecule has 0 saturated heterocycles. The van der Waals surface area contributed by atoms with Gasteiger partial charge in [-0.25, -0.2) is 4.99 Å². The SMILES string of the molecule is NC1=Nc2ccc(Cl)cc2C1(O)CC1Oc2ccccc2C1C1CCC1. The van der Waals surface area contributed by atoms with Crippen molar-refractivity contribution in [2.75, 3.05) is 0 Å². The van der Waals surface area contributed by atoms with E-state index in [4.69, 9.17) is 22.1 Å². The molecule has 2 aromatic carbocycles. The minimum absolute atomic E-state index is 0.124. The average molecular weight is 369 g/mol. The van der Waals surface area contributed by atoms with Gasteiger partial charge in [-0.3, -0.25) is 0 Å². The van der Waals surface area contributed by atoms with Crippen molar-refractivity contribution in [1.82, 2.24) is 0 Å². The first-order valence-corrected chi connectivity index (χ1v) is 9.57. The zero-order valence-electron chi connectivity index (χ0n) is 14.4. The molecular formula is C21H21ClN2O2. The molecule has 5 rings (SSSR count). The van der Waals surface area contributed by atoms with Crippen molar-refractivity contribution in [1.29, 1.82) is 0 Å². The number of rotatable bonds is 3. The third-order valence-electron chi connectivity index (χ3n) is 6.18. The Balaban J connectivity index is 1.51. The predicted octanol–water partition coefficient (Wildman–Crippen LogP) is 4.26. The van der Waals surface area contributed by atoms with E-state index in [1.165, 1.54) is 24.8 Å². The molecule has 1 aliphatic carbocycles. The molecule has 3 aliphatic rings. The molecule has 0 amide bonds. The lowest BCUT2D eigenvalue weighted by Gasteiger charge is -2.36. The van der Waals surface area contributed by atoms with Gasteiger partial charge in [-0.15, -0.1) is 0 Å². The zero-order chi connectivity index (χ0) is 17.9. The van der Waals surface area contributed by atoms with Crippen molar-refractivity contribution in [3.8, 4) is 5.75 Å². The highest BCUT2D eigenvalue weighted by Crippen LogP contribution is 2.52. The van der Waals surface area contributed by atoms with Crippen LogP contribution in [-0.2, 0) is 5.60 Å². The molecule has 3 atom stereocenters. The van der Waals surface area contributed by atoms with Gasteiger partial charge in [-0.1, -0.05) is 36.2 Å². The summed E-state index contributed by atoms with van der Waals surface area (Å²) >= 11 is 6.16. The Kier molecular flexibility index (Phi) is 3.56. The summed E-state index contributed by atoms with van der Waals surface area (Å²) in [5.74, 6) is 2.05. The molecule has 3 unspecified atom stereocenters. The average Bonchev–Trinajstić information content (AvgIpc) is 3.03. The predicted molar refractivity (Wildman–Crippen MR) is 102 cm³/mol. The smallest absolute Gasteiger partial charge is 0.152 e. The zero-order valence-corrected chi connectivity index (χ0v) is 15.1. The third kappa shape index (κ3) is 2.29. The van der Waals surface area contributed by atoms with Crippen LogP contribution in [0.25, 0.3) is 0 Å². The summed E-state index contributed by atoms with van der Waals surface area (Å²) in [5.41, 5.74) is 7.44. The Bertz CT molecular complexity index is 909. The lowest BCUT2D eigenvalue weighted by atomic mass is 9.69. The van der Waals surface area contributed by atoms with Gasteiger partial charge in [-0.05, 0) is 43.0 Å². The summed E-state index contributed by atoms with van der Waals surface area (Å²) in [6.45, 7) is 0. The molecule has 4 nitrogen and oxygen atoms in total. The molecule has 1 fully saturated rings. The molecule has 26 heavy (non-hydrogen) atoms. The second-order valence-electron chi connectivity index (χ2n) is 7.63. The van der Waals surface area contributed by atoms with Gasteiger partial charge in [0.2, 0.25) is 0 Å². The summed E-state index contributed by atoms with van der Waals surface area (Å²) in [7, 11) is 0. The second kappa shape index (κ2) is 5.73. The largest absolute Gasteiger partial charge is 0.489 e. The number of benzene rings is 2. The number of aliphatic hydroxyl groups is 1. The summed E-state index contributed by atoms with van der Waals surface area (Å²) in [6.07, 6.45) is 3.95. The number of hydrogen-bond acceptors (Lipinski definition) is 4. The summed E-state index contributed by atoms with van der Waals surface area (Å²) in [6, 6.07) is 13.6. The van der Waals surface area contributed by atoms with Crippen molar-refractivity contribution in [3.05, 3.63) is 58.6 Å². The highest BCUT2D eigenvalue weighted by atomic mass is 35.5. The molecule has 3 N–H and O–H groups in total. The minimum atomic E-state index is -1.34. The topological polar surface area (TPSA) is 67.8 Å². The Morgan fingerprint density at radius 3 is 2.81 bits per heavy atom. The molecule has 0 bridgehead atoms. The van der Waals surface area contributed by atoms with Gasteiger partial charge in [0, 0.05) is 28.5 Å². The first kappa shape index (κ1) is 16.2. The number of ether oxygens (including phenoxy) is 1. The van der Waals surface area contributed by atoms with Gasteiger partial charge >= 0.3 is 0 Å². The van der Waals surface area contributed by atoms with E-state index in [1.807, 2.05) is 12.1 Å². The van der Waals surface area contributed by atoms with E-state index in [1.54, 1.807) is 18.2 Å². The van der Waals surface area contributed by atoms with Crippen molar-refractivity contribution in [2.24, 2.45) is 16.6 Å². The molecule has 0 radical (unpaired) electrons. The maximum Gasteiger partial charge on any atom is 0.152 e. The van der Waals surface area contributed by atoms with E-state index in [0.29, 0.717) is 34.5 Å². The van der Waals surface area contributed by atoms with Gasteiger partial charge < -0.3 is 15.6 Å². The van der Waals surface area contributed by atoms with Gasteiger partial charge in [0.1, 0.15) is 17.7 Å². The fourth-order valence-corrected chi connectivity index (χ4v) is 4.80. The van der Waals surface area contributed by atoms with Crippen molar-refractivity contribution in [2.45, 2.75) is 43.3 Å². The number of aliphatic imine (C=N–C) groups is 1. The van der Waals surface area contributed by atoms with Gasteiger partial charge in [0.05, 0.1) is 5.69 Å². The van der Waals surface area contributed by atoms with E-state index < -0.39 is 5.60 Å². The van der Waals surface area contributed by atoms with Crippen molar-refractivity contribution in [3.63, 3.8) is 0 Å². The molecular weight excluding hydrogens is 348 g/mol. The number of nitrogens with two attached hydrogens (primary N) is 1. The third-order valence-corrected chi connectivity index (χ3v) is 6.42. The number of amidine groups is 1. The fourth-order valence-electron chi connectivity index (χ4n) is 4.63. The van der Waals surface area contributed by atoms with E-state index in [-0.39, 0.29) is 11.9 Å². The highest BCUT2D eigenvalue weighted by Gasteiger charge is 2.49. The monoisotopic (exact) mass is 368 g/mol. The van der Waals surface area contributed by atoms with Crippen LogP contribution in [-0.4, -0.2) is 17.0 Å². The molecule has 134 valence electrons. The number of fused-ring (bicyclic) bond motifs is 2. The van der Waals surface area contributed by atoms with Crippen LogP contribution in [0.4, 0.5) is 5.69 Å². The Morgan fingerprint density at radius 1 is 1.23 bits per heavy atom. The first-order chi connectivity index (χ1) is 12.6. The van der Waals surface area contributed by atoms with Crippen LogP contribution >= 0.6 is 11.6 Å². The van der Waals surface area contributed by atoms with E-state index in [2.05, 4.69) is 17.1 Å². The molecule has 2 aliphatic heterocycles. The number of para-hydroxylation sites is 1. The van der Waals surface area contributed by atoms with Gasteiger partial charge in [0.25, 0.3) is 0 Å². The van der Waals surface area contributed by atoms with Crippen LogP contribution in [0.15, 0.2) is 47.5 Å². The van der Waals surface area contributed by atoms with Crippen molar-refractivity contribution < 1.29 is 9.84 Å². The molecule has 2 heterocycles. The number of nitrogens with zero attached hydrogens (tertiary/aromatic N) is 1. The summed E-state index contributed by atoms with van der Waals surface area (Å²) in [4.78, 5) is 4.37. The normalized spacial score (nSPS) is 29.5. The summed E-state index contributed by atoms with van der Waals surface area (Å²) < 4.78 is 6.29. The van der Waals surface area contributed by atoms with Gasteiger partial charge in [-0.2, -0.15) is 0 Å². The van der Waals surface area contributed by atoms with E-state index in [9.17, 15) is 5.11 Å². The Hall–Kier alpha value is -2.04. The van der Waals surface area contributed by atoms with Gasteiger partial charge in [0.15, 0.2) is 5.60 Å². The lowest BCUT2D eigenvalue weighted by Crippen LogP contribution is -2.44. The minimum Gasteiger partial charge on any atom is -0.489 e. The van der Waals surface area contributed by atoms with Crippen LogP contribution < -0.4 is 10.5 Å². The Labute approximate surface area is 157 Å². The molecule has 2 aromatic rings. The quantitative estimate of drug-likeness (QED) is 0.850. The van der Waals surface area contributed by atoms with Crippen LogP contribution in [0.5, 0.6) is 5.75 Å². The maximum atomic E-state index is 11.5. The maximum absolute atomic E-state index is 11.5. The van der Waals surface area contributed by atoms with Crippen LogP contribution in [0, 0.1) is 5.92 Å². The molecule has 5 heteroatoms. The lowest BCUT2D eigenvalue weighted by molar-refractivity contribution is 0.0360. The van der Waals surface area contributed by atoms with Crippen molar-refractivity contribution >= 4 is 23.1 Å². The Morgan fingerprint density at radius 2 is 2.04 bits per heavy atom. The molecule has 1 saturated carbocycles. The number of halogens is 1. The fraction of sp³-hybridized carbons (Fsp3) is 0.381. The number of hydrogen-bond donors (Lipinski definition) is 2. The highest BCUT2D eigenvalue weighted by molar-refractivity contribution is 6.30. The van der Waals surface area contributed by atoms with Crippen LogP contribution in [0.2, 0.25) is 5.02 Å². The van der Waals surface area contributed by atoms with Crippen LogP contribution in [0.1, 0.15) is 42.7 Å². The van der Waals surface area contributed by atoms with Crippen LogP contribution in [0.3, 0.4) is 0 Å². The summed E-state index contributed by atoms with van der Waals surface area (Å²) in [5, 5.41) is 12.0. The van der Waals surface area contributed by atoms with E-state index in [0.717, 1.165) is 5.75 Å². The standard InChI is InChI=1S/C21H21ClN2O2/c22-13-8-9-16-15(10-13)21(25,20(23)24-16)11-18-19(12-4-3-5-12)14-6-1-2-7-17(14)26-18/h1-2,6-10,12,18-19,25H,3-5,11H2,(H2,23,24).